The molecule has 0 amide bonds. The molecule has 3 aromatic rings. The van der Waals surface area contributed by atoms with Crippen molar-refractivity contribution in [1.82, 2.24) is 9.97 Å². The minimum atomic E-state index is -0.482. The van der Waals surface area contributed by atoms with Gasteiger partial charge in [0.25, 0.3) is 0 Å². The molecule has 0 radical (unpaired) electrons. The fraction of sp³-hybridized carbons (Fsp3) is 0.0769. The summed E-state index contributed by atoms with van der Waals surface area (Å²) < 4.78 is 12.9. The minimum Gasteiger partial charge on any atom is -0.365 e. The van der Waals surface area contributed by atoms with E-state index in [0.29, 0.717) is 22.6 Å². The summed E-state index contributed by atoms with van der Waals surface area (Å²) in [6.07, 6.45) is 0. The predicted molar refractivity (Wildman–Crippen MR) is 82.8 cm³/mol. The lowest BCUT2D eigenvalue weighted by Gasteiger charge is -2.07. The third kappa shape index (κ3) is 2.97. The van der Waals surface area contributed by atoms with E-state index >= 15 is 0 Å². The summed E-state index contributed by atoms with van der Waals surface area (Å²) in [6.45, 7) is 0.381. The van der Waals surface area contributed by atoms with E-state index in [0.717, 1.165) is 16.9 Å². The van der Waals surface area contributed by atoms with Crippen LogP contribution in [0.1, 0.15) is 5.56 Å². The fourth-order valence-electron chi connectivity index (χ4n) is 1.90. The highest BCUT2D eigenvalue weighted by Crippen LogP contribution is 2.34. The Balaban J connectivity index is 1.92. The lowest BCUT2D eigenvalue weighted by atomic mass is 10.2. The van der Waals surface area contributed by atoms with Gasteiger partial charge in [-0.2, -0.15) is 0 Å². The molecule has 0 saturated heterocycles. The zero-order valence-electron chi connectivity index (χ0n) is 10.9. The molecule has 9 heteroatoms. The molecular weight excluding hydrogens is 331 g/mol. The van der Waals surface area contributed by atoms with Crippen LogP contribution in [0, 0.1) is 15.9 Å². The van der Waals surface area contributed by atoms with Gasteiger partial charge >= 0.3 is 5.00 Å². The first-order chi connectivity index (χ1) is 10.5. The number of benzene rings is 1. The highest BCUT2D eigenvalue weighted by Gasteiger charge is 2.17. The lowest BCUT2D eigenvalue weighted by molar-refractivity contribution is -0.380. The second-order valence-corrected chi connectivity index (χ2v) is 5.73. The molecule has 22 heavy (non-hydrogen) atoms. The maximum atomic E-state index is 12.9. The monoisotopic (exact) mass is 338 g/mol. The molecule has 0 aliphatic carbocycles. The summed E-state index contributed by atoms with van der Waals surface area (Å²) in [4.78, 5) is 18.9. The van der Waals surface area contributed by atoms with Crippen molar-refractivity contribution < 1.29 is 9.31 Å². The van der Waals surface area contributed by atoms with Crippen LogP contribution in [0.25, 0.3) is 10.2 Å². The van der Waals surface area contributed by atoms with Crippen LogP contribution in [-0.2, 0) is 6.54 Å². The Labute approximate surface area is 132 Å². The number of rotatable bonds is 4. The van der Waals surface area contributed by atoms with Crippen LogP contribution in [0.2, 0.25) is 5.28 Å². The summed E-state index contributed by atoms with van der Waals surface area (Å²) in [5.74, 6) is 0.0911. The number of halogens is 2. The van der Waals surface area contributed by atoms with Gasteiger partial charge in [0.1, 0.15) is 16.5 Å². The van der Waals surface area contributed by atoms with Crippen molar-refractivity contribution in [2.45, 2.75) is 6.54 Å². The normalized spacial score (nSPS) is 10.8. The Morgan fingerprint density at radius 1 is 1.32 bits per heavy atom. The molecule has 0 fully saturated rings. The Morgan fingerprint density at radius 3 is 2.73 bits per heavy atom. The van der Waals surface area contributed by atoms with Crippen molar-refractivity contribution in [3.05, 3.63) is 57.1 Å². The number of nitro groups is 1. The molecule has 2 heterocycles. The standard InChI is InChI=1S/C13H8ClFN4O2S/c14-13-17-11(16-6-7-1-3-8(15)4-2-7)9-5-10(19(20)21)22-12(9)18-13/h1-5H,6H2,(H,16,17,18). The number of thiophene rings is 1. The number of nitrogens with zero attached hydrogens (tertiary/aromatic N) is 3. The van der Waals surface area contributed by atoms with Crippen molar-refractivity contribution in [1.29, 1.82) is 0 Å². The minimum absolute atomic E-state index is 0.00542. The van der Waals surface area contributed by atoms with Crippen LogP contribution in [0.5, 0.6) is 0 Å². The van der Waals surface area contributed by atoms with Crippen LogP contribution < -0.4 is 5.32 Å². The Morgan fingerprint density at radius 2 is 2.05 bits per heavy atom. The molecule has 1 N–H and O–H groups in total. The van der Waals surface area contributed by atoms with E-state index in [1.165, 1.54) is 18.2 Å². The van der Waals surface area contributed by atoms with E-state index < -0.39 is 4.92 Å². The number of nitrogens with one attached hydrogen (secondary N) is 1. The summed E-state index contributed by atoms with van der Waals surface area (Å²) in [7, 11) is 0. The topological polar surface area (TPSA) is 81.0 Å². The van der Waals surface area contributed by atoms with Gasteiger partial charge < -0.3 is 5.32 Å². The van der Waals surface area contributed by atoms with E-state index in [1.54, 1.807) is 12.1 Å². The summed E-state index contributed by atoms with van der Waals surface area (Å²) in [6, 6.07) is 7.39. The molecule has 0 atom stereocenters. The van der Waals surface area contributed by atoms with Crippen molar-refractivity contribution in [3.63, 3.8) is 0 Å². The molecule has 0 unspecified atom stereocenters. The van der Waals surface area contributed by atoms with E-state index in [4.69, 9.17) is 11.6 Å². The smallest absolute Gasteiger partial charge is 0.326 e. The summed E-state index contributed by atoms with van der Waals surface area (Å²) in [5, 5.41) is 14.4. The van der Waals surface area contributed by atoms with Crippen molar-refractivity contribution in [2.75, 3.05) is 5.32 Å². The summed E-state index contributed by atoms with van der Waals surface area (Å²) >= 11 is 6.77. The van der Waals surface area contributed by atoms with Crippen LogP contribution in [0.3, 0.4) is 0 Å². The zero-order chi connectivity index (χ0) is 15.7. The third-order valence-electron chi connectivity index (χ3n) is 2.91. The molecule has 0 saturated carbocycles. The third-order valence-corrected chi connectivity index (χ3v) is 4.06. The Kier molecular flexibility index (Phi) is 3.86. The van der Waals surface area contributed by atoms with Gasteiger partial charge in [-0.15, -0.1) is 0 Å². The molecule has 6 nitrogen and oxygen atoms in total. The highest BCUT2D eigenvalue weighted by molar-refractivity contribution is 7.21. The molecular formula is C13H8ClFN4O2S. The van der Waals surface area contributed by atoms with Crippen LogP contribution >= 0.6 is 22.9 Å². The molecule has 3 rings (SSSR count). The lowest BCUT2D eigenvalue weighted by Crippen LogP contribution is -2.02. The van der Waals surface area contributed by atoms with Gasteiger partial charge in [-0.1, -0.05) is 12.1 Å². The van der Waals surface area contributed by atoms with Gasteiger partial charge in [0.05, 0.1) is 10.3 Å². The maximum Gasteiger partial charge on any atom is 0.326 e. The van der Waals surface area contributed by atoms with Gasteiger partial charge in [-0.3, -0.25) is 10.1 Å². The average molecular weight is 339 g/mol. The first kappa shape index (κ1) is 14.6. The van der Waals surface area contributed by atoms with Gasteiger partial charge in [-0.25, -0.2) is 14.4 Å². The van der Waals surface area contributed by atoms with Crippen LogP contribution in [0.4, 0.5) is 15.2 Å². The molecule has 0 spiro atoms. The molecule has 0 bridgehead atoms. The van der Waals surface area contributed by atoms with Gasteiger partial charge in [0.15, 0.2) is 0 Å². The Hall–Kier alpha value is -2.32. The van der Waals surface area contributed by atoms with E-state index in [9.17, 15) is 14.5 Å². The maximum absolute atomic E-state index is 12.9. The number of hydrogen-bond acceptors (Lipinski definition) is 6. The van der Waals surface area contributed by atoms with E-state index in [2.05, 4.69) is 15.3 Å². The van der Waals surface area contributed by atoms with Crippen LogP contribution in [0.15, 0.2) is 30.3 Å². The van der Waals surface area contributed by atoms with Crippen molar-refractivity contribution in [3.8, 4) is 0 Å². The number of aromatic nitrogens is 2. The fourth-order valence-corrected chi connectivity index (χ4v) is 2.96. The number of hydrogen-bond donors (Lipinski definition) is 1. The first-order valence-electron chi connectivity index (χ1n) is 6.13. The number of anilines is 1. The number of fused-ring (bicyclic) bond motifs is 1. The van der Waals surface area contributed by atoms with Gasteiger partial charge in [-0.05, 0) is 40.6 Å². The molecule has 0 aliphatic rings. The SMILES string of the molecule is O=[N+]([O-])c1cc2c(NCc3ccc(F)cc3)nc(Cl)nc2s1. The molecule has 0 aliphatic heterocycles. The predicted octanol–water partition coefficient (Wildman–Crippen LogP) is 4.00. The highest BCUT2D eigenvalue weighted by atomic mass is 35.5. The van der Waals surface area contributed by atoms with E-state index in [-0.39, 0.29) is 16.1 Å². The second-order valence-electron chi connectivity index (χ2n) is 4.38. The second kappa shape index (κ2) is 5.82. The largest absolute Gasteiger partial charge is 0.365 e. The zero-order valence-corrected chi connectivity index (χ0v) is 12.5. The van der Waals surface area contributed by atoms with Crippen molar-refractivity contribution >= 4 is 44.0 Å². The molecule has 1 aromatic carbocycles. The average Bonchev–Trinajstić information content (AvgIpc) is 2.90. The van der Waals surface area contributed by atoms with E-state index in [1.807, 2.05) is 0 Å². The summed E-state index contributed by atoms with van der Waals surface area (Å²) in [5.41, 5.74) is 0.842. The molecule has 112 valence electrons. The quantitative estimate of drug-likeness (QED) is 0.441. The van der Waals surface area contributed by atoms with Gasteiger partial charge in [0, 0.05) is 12.6 Å². The van der Waals surface area contributed by atoms with Crippen molar-refractivity contribution in [2.24, 2.45) is 0 Å². The Bertz CT molecular complexity index is 853. The van der Waals surface area contributed by atoms with Gasteiger partial charge in [0.2, 0.25) is 5.28 Å². The first-order valence-corrected chi connectivity index (χ1v) is 7.32. The van der Waals surface area contributed by atoms with Crippen LogP contribution in [-0.4, -0.2) is 14.9 Å². The molecule has 2 aromatic heterocycles.